The molecule has 98 valence electrons. The number of amides is 1. The van der Waals surface area contributed by atoms with Crippen molar-refractivity contribution in [1.82, 2.24) is 0 Å². The summed E-state index contributed by atoms with van der Waals surface area (Å²) < 4.78 is 13.4. The molecule has 5 heteroatoms. The van der Waals surface area contributed by atoms with E-state index >= 15 is 0 Å². The number of carbonyl (C=O) groups is 1. The first kappa shape index (κ1) is 13.4. The summed E-state index contributed by atoms with van der Waals surface area (Å²) in [4.78, 5) is 11.8. The number of anilines is 2. The summed E-state index contributed by atoms with van der Waals surface area (Å²) in [6.07, 6.45) is -0.0577. The van der Waals surface area contributed by atoms with Crippen LogP contribution in [0.15, 0.2) is 42.5 Å². The molecule has 0 spiro atoms. The molecule has 0 atom stereocenters. The Morgan fingerprint density at radius 1 is 1.26 bits per heavy atom. The van der Waals surface area contributed by atoms with Gasteiger partial charge in [-0.1, -0.05) is 29.8 Å². The average Bonchev–Trinajstić information content (AvgIpc) is 2.37. The first-order valence-corrected chi connectivity index (χ1v) is 6.02. The third kappa shape index (κ3) is 3.45. The Morgan fingerprint density at radius 2 is 2.00 bits per heavy atom. The summed E-state index contributed by atoms with van der Waals surface area (Å²) in [7, 11) is 0. The van der Waals surface area contributed by atoms with E-state index in [9.17, 15) is 9.18 Å². The van der Waals surface area contributed by atoms with Gasteiger partial charge < -0.3 is 11.1 Å². The maximum absolute atomic E-state index is 13.4. The number of nitrogens with two attached hydrogens (primary N) is 1. The Balaban J connectivity index is 2.10. The minimum Gasteiger partial charge on any atom is -0.399 e. The smallest absolute Gasteiger partial charge is 0.228 e. The number of nitrogen functional groups attached to an aromatic ring is 1. The zero-order valence-electron chi connectivity index (χ0n) is 9.99. The van der Waals surface area contributed by atoms with Crippen LogP contribution < -0.4 is 11.1 Å². The Hall–Kier alpha value is -2.07. The maximum atomic E-state index is 13.4. The Labute approximate surface area is 115 Å². The van der Waals surface area contributed by atoms with Crippen molar-refractivity contribution in [2.24, 2.45) is 0 Å². The molecule has 3 N–H and O–H groups in total. The third-order valence-corrected chi connectivity index (χ3v) is 2.90. The Bertz CT molecular complexity index is 616. The van der Waals surface area contributed by atoms with Crippen LogP contribution >= 0.6 is 11.6 Å². The number of nitrogens with one attached hydrogen (secondary N) is 1. The number of carbonyl (C=O) groups excluding carboxylic acids is 1. The van der Waals surface area contributed by atoms with Crippen molar-refractivity contribution in [3.63, 3.8) is 0 Å². The van der Waals surface area contributed by atoms with Crippen LogP contribution in [0.1, 0.15) is 5.56 Å². The summed E-state index contributed by atoms with van der Waals surface area (Å²) in [5.74, 6) is -0.756. The summed E-state index contributed by atoms with van der Waals surface area (Å²) in [6.45, 7) is 0. The van der Waals surface area contributed by atoms with Gasteiger partial charge in [0.2, 0.25) is 5.91 Å². The fourth-order valence-electron chi connectivity index (χ4n) is 1.65. The van der Waals surface area contributed by atoms with E-state index in [4.69, 9.17) is 17.3 Å². The monoisotopic (exact) mass is 278 g/mol. The highest BCUT2D eigenvalue weighted by atomic mass is 35.5. The molecule has 2 rings (SSSR count). The fraction of sp³-hybridized carbons (Fsp3) is 0.0714. The zero-order valence-corrected chi connectivity index (χ0v) is 10.7. The van der Waals surface area contributed by atoms with Gasteiger partial charge in [0.25, 0.3) is 0 Å². The summed E-state index contributed by atoms with van der Waals surface area (Å²) in [5.41, 5.74) is 6.85. The van der Waals surface area contributed by atoms with Gasteiger partial charge in [-0.25, -0.2) is 4.39 Å². The second-order valence-corrected chi connectivity index (χ2v) is 4.46. The van der Waals surface area contributed by atoms with Gasteiger partial charge in [0.05, 0.1) is 17.1 Å². The van der Waals surface area contributed by atoms with Crippen LogP contribution in [0.25, 0.3) is 0 Å². The van der Waals surface area contributed by atoms with Gasteiger partial charge in [-0.2, -0.15) is 0 Å². The lowest BCUT2D eigenvalue weighted by Crippen LogP contribution is -2.15. The molecule has 0 heterocycles. The molecule has 0 saturated heterocycles. The zero-order chi connectivity index (χ0) is 13.8. The lowest BCUT2D eigenvalue weighted by molar-refractivity contribution is -0.115. The van der Waals surface area contributed by atoms with E-state index in [1.54, 1.807) is 36.4 Å². The van der Waals surface area contributed by atoms with E-state index in [2.05, 4.69) is 5.32 Å². The molecule has 2 aromatic carbocycles. The van der Waals surface area contributed by atoms with Crippen LogP contribution in [-0.4, -0.2) is 5.91 Å². The minimum atomic E-state index is -0.406. The summed E-state index contributed by atoms with van der Waals surface area (Å²) >= 11 is 5.93. The minimum absolute atomic E-state index is 0.0577. The molecular formula is C14H12ClFN2O. The molecule has 0 bridgehead atoms. The van der Waals surface area contributed by atoms with Crippen LogP contribution in [-0.2, 0) is 11.2 Å². The third-order valence-electron chi connectivity index (χ3n) is 2.57. The number of hydrogen-bond donors (Lipinski definition) is 2. The van der Waals surface area contributed by atoms with Crippen LogP contribution in [0, 0.1) is 5.82 Å². The van der Waals surface area contributed by atoms with Crippen molar-refractivity contribution in [3.05, 3.63) is 58.9 Å². The van der Waals surface area contributed by atoms with Crippen molar-refractivity contribution < 1.29 is 9.18 Å². The van der Waals surface area contributed by atoms with E-state index in [1.165, 1.54) is 6.07 Å². The summed E-state index contributed by atoms with van der Waals surface area (Å²) in [5, 5.41) is 2.99. The van der Waals surface area contributed by atoms with Crippen molar-refractivity contribution in [2.45, 2.75) is 6.42 Å². The highest BCUT2D eigenvalue weighted by molar-refractivity contribution is 6.33. The van der Waals surface area contributed by atoms with E-state index in [0.29, 0.717) is 22.0 Å². The predicted molar refractivity (Wildman–Crippen MR) is 74.6 cm³/mol. The second kappa shape index (κ2) is 5.71. The van der Waals surface area contributed by atoms with Crippen molar-refractivity contribution >= 4 is 28.9 Å². The Morgan fingerprint density at radius 3 is 2.74 bits per heavy atom. The molecule has 0 aliphatic heterocycles. The molecule has 0 radical (unpaired) electrons. The highest BCUT2D eigenvalue weighted by Gasteiger charge is 2.09. The van der Waals surface area contributed by atoms with Gasteiger partial charge >= 0.3 is 0 Å². The molecule has 0 aliphatic carbocycles. The Kier molecular flexibility index (Phi) is 4.02. The topological polar surface area (TPSA) is 55.1 Å². The lowest BCUT2D eigenvalue weighted by atomic mass is 10.1. The number of halogens is 2. The van der Waals surface area contributed by atoms with Gasteiger partial charge in [0.1, 0.15) is 5.82 Å². The summed E-state index contributed by atoms with van der Waals surface area (Å²) in [6, 6.07) is 10.9. The van der Waals surface area contributed by atoms with E-state index in [1.807, 2.05) is 0 Å². The number of hydrogen-bond acceptors (Lipinski definition) is 2. The number of rotatable bonds is 3. The fourth-order valence-corrected chi connectivity index (χ4v) is 1.81. The molecule has 0 aliphatic rings. The van der Waals surface area contributed by atoms with Crippen LogP contribution in [0.3, 0.4) is 0 Å². The normalized spacial score (nSPS) is 10.2. The van der Waals surface area contributed by atoms with Gasteiger partial charge in [-0.05, 0) is 29.8 Å². The van der Waals surface area contributed by atoms with Gasteiger partial charge in [0, 0.05) is 5.69 Å². The molecule has 0 saturated carbocycles. The first-order valence-electron chi connectivity index (χ1n) is 5.64. The van der Waals surface area contributed by atoms with Crippen molar-refractivity contribution in [3.8, 4) is 0 Å². The van der Waals surface area contributed by atoms with Gasteiger partial charge in [-0.15, -0.1) is 0 Å². The quantitative estimate of drug-likeness (QED) is 0.847. The second-order valence-electron chi connectivity index (χ2n) is 4.06. The molecule has 1 amide bonds. The molecule has 0 unspecified atom stereocenters. The average molecular weight is 279 g/mol. The van der Waals surface area contributed by atoms with Crippen molar-refractivity contribution in [2.75, 3.05) is 11.1 Å². The van der Waals surface area contributed by atoms with E-state index in [-0.39, 0.29) is 12.3 Å². The SMILES string of the molecule is Nc1ccc(Cl)c(NC(=O)Cc2ccccc2F)c1. The maximum Gasteiger partial charge on any atom is 0.228 e. The lowest BCUT2D eigenvalue weighted by Gasteiger charge is -2.08. The van der Waals surface area contributed by atoms with E-state index < -0.39 is 5.82 Å². The van der Waals surface area contributed by atoms with Crippen LogP contribution in [0.4, 0.5) is 15.8 Å². The largest absolute Gasteiger partial charge is 0.399 e. The predicted octanol–water partition coefficient (Wildman–Crippen LogP) is 3.24. The molecule has 19 heavy (non-hydrogen) atoms. The molecular weight excluding hydrogens is 267 g/mol. The van der Waals surface area contributed by atoms with Crippen molar-refractivity contribution in [1.29, 1.82) is 0 Å². The van der Waals surface area contributed by atoms with Crippen LogP contribution in [0.5, 0.6) is 0 Å². The standard InChI is InChI=1S/C14H12ClFN2O/c15-11-6-5-10(17)8-13(11)18-14(19)7-9-3-1-2-4-12(9)16/h1-6,8H,7,17H2,(H,18,19). The molecule has 2 aromatic rings. The molecule has 0 fully saturated rings. The van der Waals surface area contributed by atoms with Crippen LogP contribution in [0.2, 0.25) is 5.02 Å². The highest BCUT2D eigenvalue weighted by Crippen LogP contribution is 2.24. The number of benzene rings is 2. The van der Waals surface area contributed by atoms with Gasteiger partial charge in [-0.3, -0.25) is 4.79 Å². The molecule has 0 aromatic heterocycles. The first-order chi connectivity index (χ1) is 9.06. The van der Waals surface area contributed by atoms with Gasteiger partial charge in [0.15, 0.2) is 0 Å². The molecule has 3 nitrogen and oxygen atoms in total. The van der Waals surface area contributed by atoms with E-state index in [0.717, 1.165) is 0 Å².